The van der Waals surface area contributed by atoms with Gasteiger partial charge in [-0.25, -0.2) is 15.0 Å². The summed E-state index contributed by atoms with van der Waals surface area (Å²) in [4.78, 5) is 32.2. The van der Waals surface area contributed by atoms with Crippen molar-refractivity contribution in [1.29, 1.82) is 0 Å². The summed E-state index contributed by atoms with van der Waals surface area (Å²) in [5.41, 5.74) is 1.61. The molecule has 10 heteroatoms. The lowest BCUT2D eigenvalue weighted by Crippen LogP contribution is -2.49. The van der Waals surface area contributed by atoms with Crippen LogP contribution in [0.2, 0.25) is 0 Å². The van der Waals surface area contributed by atoms with Gasteiger partial charge in [0.05, 0.1) is 24.3 Å². The normalized spacial score (nSPS) is 18.5. The molecule has 1 amide bonds. The molecule has 5 rings (SSSR count). The predicted molar refractivity (Wildman–Crippen MR) is 112 cm³/mol. The third-order valence-corrected chi connectivity index (χ3v) is 6.39. The van der Waals surface area contributed by atoms with Gasteiger partial charge < -0.3 is 14.7 Å². The van der Waals surface area contributed by atoms with E-state index in [9.17, 15) is 18.0 Å². The van der Waals surface area contributed by atoms with E-state index in [1.807, 2.05) is 11.8 Å². The van der Waals surface area contributed by atoms with Gasteiger partial charge in [0.1, 0.15) is 17.5 Å². The van der Waals surface area contributed by atoms with E-state index in [0.717, 1.165) is 54.5 Å². The largest absolute Gasteiger partial charge is 0.416 e. The van der Waals surface area contributed by atoms with Crippen LogP contribution in [0.5, 0.6) is 0 Å². The van der Waals surface area contributed by atoms with Gasteiger partial charge in [-0.2, -0.15) is 13.2 Å². The Hall–Kier alpha value is -2.91. The Bertz CT molecular complexity index is 1060. The highest BCUT2D eigenvalue weighted by Crippen LogP contribution is 2.35. The lowest BCUT2D eigenvalue weighted by atomic mass is 9.95. The van der Waals surface area contributed by atoms with Crippen molar-refractivity contribution in [1.82, 2.24) is 19.9 Å². The highest BCUT2D eigenvalue weighted by molar-refractivity contribution is 5.78. The monoisotopic (exact) mass is 446 g/mol. The van der Waals surface area contributed by atoms with Crippen molar-refractivity contribution in [2.24, 2.45) is 5.92 Å². The van der Waals surface area contributed by atoms with Gasteiger partial charge >= 0.3 is 6.18 Å². The first-order valence-corrected chi connectivity index (χ1v) is 10.9. The molecule has 5 heterocycles. The van der Waals surface area contributed by atoms with Gasteiger partial charge in [-0.15, -0.1) is 0 Å². The minimum Gasteiger partial charge on any atom is -0.356 e. The van der Waals surface area contributed by atoms with E-state index >= 15 is 0 Å². The van der Waals surface area contributed by atoms with Crippen LogP contribution in [0.15, 0.2) is 12.1 Å². The van der Waals surface area contributed by atoms with E-state index < -0.39 is 11.7 Å². The summed E-state index contributed by atoms with van der Waals surface area (Å²) in [6.07, 6.45) is -2.88. The molecular weight excluding hydrogens is 421 g/mol. The highest BCUT2D eigenvalue weighted by Gasteiger charge is 2.37. The number of pyridine rings is 1. The SMILES string of the molecule is Cc1cc(C(F)(F)F)cc(N2CC(CC(=O)N3Cc4nc(C)nc(N5CCC5)c4C3)C2)n1. The number of rotatable bonds is 4. The fraction of sp³-hybridized carbons (Fsp3) is 0.545. The van der Waals surface area contributed by atoms with Crippen molar-refractivity contribution < 1.29 is 18.0 Å². The van der Waals surface area contributed by atoms with Crippen LogP contribution in [0, 0.1) is 19.8 Å². The zero-order valence-electron chi connectivity index (χ0n) is 18.1. The number of halogens is 3. The van der Waals surface area contributed by atoms with Crippen LogP contribution < -0.4 is 9.80 Å². The first-order valence-electron chi connectivity index (χ1n) is 10.9. The summed E-state index contributed by atoms with van der Waals surface area (Å²) >= 11 is 0. The molecule has 7 nitrogen and oxygen atoms in total. The molecule has 2 aromatic heterocycles. The summed E-state index contributed by atoms with van der Waals surface area (Å²) in [7, 11) is 0. The van der Waals surface area contributed by atoms with Crippen LogP contribution in [-0.2, 0) is 24.1 Å². The minimum absolute atomic E-state index is 0.0491. The van der Waals surface area contributed by atoms with Crippen LogP contribution in [0.3, 0.4) is 0 Å². The third kappa shape index (κ3) is 3.86. The second kappa shape index (κ2) is 7.60. The van der Waals surface area contributed by atoms with Crippen LogP contribution in [-0.4, -0.2) is 51.9 Å². The topological polar surface area (TPSA) is 65.5 Å². The van der Waals surface area contributed by atoms with Crippen LogP contribution in [0.1, 0.15) is 41.2 Å². The molecule has 0 aliphatic carbocycles. The number of aryl methyl sites for hydroxylation is 2. The molecule has 170 valence electrons. The summed E-state index contributed by atoms with van der Waals surface area (Å²) in [5, 5.41) is 0. The van der Waals surface area contributed by atoms with E-state index in [4.69, 9.17) is 0 Å². The van der Waals surface area contributed by atoms with Crippen LogP contribution >= 0.6 is 0 Å². The number of alkyl halides is 3. The van der Waals surface area contributed by atoms with Crippen molar-refractivity contribution in [2.45, 2.75) is 46.0 Å². The van der Waals surface area contributed by atoms with Crippen LogP contribution in [0.4, 0.5) is 24.8 Å². The number of amides is 1. The maximum atomic E-state index is 13.1. The second-order valence-corrected chi connectivity index (χ2v) is 8.94. The number of anilines is 2. The maximum absolute atomic E-state index is 13.1. The molecule has 2 saturated heterocycles. The number of hydrogen-bond donors (Lipinski definition) is 0. The van der Waals surface area contributed by atoms with Gasteiger partial charge in [0.15, 0.2) is 0 Å². The highest BCUT2D eigenvalue weighted by atomic mass is 19.4. The van der Waals surface area contributed by atoms with Gasteiger partial charge in [-0.1, -0.05) is 0 Å². The van der Waals surface area contributed by atoms with Crippen molar-refractivity contribution in [3.05, 3.63) is 40.5 Å². The first-order chi connectivity index (χ1) is 15.2. The van der Waals surface area contributed by atoms with E-state index in [1.165, 1.54) is 0 Å². The predicted octanol–water partition coefficient (Wildman–Crippen LogP) is 3.09. The smallest absolute Gasteiger partial charge is 0.356 e. The standard InChI is InChI=1S/C22H25F3N6O/c1-13-6-16(22(23,24)25)8-19(26-13)30-9-15(10-30)7-20(32)31-11-17-18(12-31)27-14(2)28-21(17)29-4-3-5-29/h6,8,15H,3-5,7,9-12H2,1-2H3. The van der Waals surface area contributed by atoms with Gasteiger partial charge in [-0.05, 0) is 32.4 Å². The molecule has 0 aromatic carbocycles. The number of aromatic nitrogens is 3. The first kappa shape index (κ1) is 21.0. The average Bonchev–Trinajstić information content (AvgIpc) is 3.05. The molecule has 0 bridgehead atoms. The molecule has 0 atom stereocenters. The van der Waals surface area contributed by atoms with Gasteiger partial charge in [0.25, 0.3) is 0 Å². The van der Waals surface area contributed by atoms with Crippen molar-refractivity contribution in [3.63, 3.8) is 0 Å². The number of nitrogens with zero attached hydrogens (tertiary/aromatic N) is 6. The van der Waals surface area contributed by atoms with E-state index in [2.05, 4.69) is 19.9 Å². The molecule has 0 saturated carbocycles. The van der Waals surface area contributed by atoms with Crippen LogP contribution in [0.25, 0.3) is 0 Å². The third-order valence-electron chi connectivity index (χ3n) is 6.39. The van der Waals surface area contributed by atoms with Gasteiger partial charge in [0, 0.05) is 49.8 Å². The molecule has 0 radical (unpaired) electrons. The molecular formula is C22H25F3N6O. The Morgan fingerprint density at radius 1 is 1.06 bits per heavy atom. The molecule has 2 fully saturated rings. The second-order valence-electron chi connectivity index (χ2n) is 8.94. The summed E-state index contributed by atoms with van der Waals surface area (Å²) in [6, 6.07) is 2.13. The molecule has 0 N–H and O–H groups in total. The Morgan fingerprint density at radius 2 is 1.81 bits per heavy atom. The quantitative estimate of drug-likeness (QED) is 0.719. The number of carbonyl (C=O) groups is 1. The molecule has 3 aliphatic heterocycles. The molecule has 0 unspecified atom stereocenters. The number of carbonyl (C=O) groups excluding carboxylic acids is 1. The van der Waals surface area contributed by atoms with Gasteiger partial charge in [-0.3, -0.25) is 4.79 Å². The molecule has 32 heavy (non-hydrogen) atoms. The van der Waals surface area contributed by atoms with Crippen molar-refractivity contribution in [2.75, 3.05) is 36.0 Å². The van der Waals surface area contributed by atoms with E-state index in [-0.39, 0.29) is 11.8 Å². The Kier molecular flexibility index (Phi) is 4.98. The minimum atomic E-state index is -4.40. The maximum Gasteiger partial charge on any atom is 0.416 e. The van der Waals surface area contributed by atoms with E-state index in [0.29, 0.717) is 44.1 Å². The molecule has 2 aromatic rings. The van der Waals surface area contributed by atoms with Crippen molar-refractivity contribution >= 4 is 17.5 Å². The fourth-order valence-electron chi connectivity index (χ4n) is 4.56. The number of fused-ring (bicyclic) bond motifs is 1. The zero-order chi connectivity index (χ0) is 22.6. The van der Waals surface area contributed by atoms with Crippen molar-refractivity contribution in [3.8, 4) is 0 Å². The average molecular weight is 446 g/mol. The van der Waals surface area contributed by atoms with E-state index in [1.54, 1.807) is 11.8 Å². The summed E-state index contributed by atoms with van der Waals surface area (Å²) in [5.74, 6) is 2.14. The number of hydrogen-bond acceptors (Lipinski definition) is 6. The molecule has 3 aliphatic rings. The summed E-state index contributed by atoms with van der Waals surface area (Å²) < 4.78 is 39.3. The lowest BCUT2D eigenvalue weighted by molar-refractivity contribution is -0.137. The zero-order valence-corrected chi connectivity index (χ0v) is 18.1. The lowest BCUT2D eigenvalue weighted by Gasteiger charge is -2.40. The van der Waals surface area contributed by atoms with Gasteiger partial charge in [0.2, 0.25) is 5.91 Å². The molecule has 0 spiro atoms. The fourth-order valence-corrected chi connectivity index (χ4v) is 4.56. The Morgan fingerprint density at radius 3 is 2.47 bits per heavy atom. The summed E-state index contributed by atoms with van der Waals surface area (Å²) in [6.45, 7) is 7.46. The Labute approximate surface area is 184 Å². The Balaban J connectivity index is 1.20.